The highest BCUT2D eigenvalue weighted by Gasteiger charge is 2.49. The summed E-state index contributed by atoms with van der Waals surface area (Å²) < 4.78 is 0. The summed E-state index contributed by atoms with van der Waals surface area (Å²) >= 11 is 0. The zero-order chi connectivity index (χ0) is 13.5. The summed E-state index contributed by atoms with van der Waals surface area (Å²) in [5.74, 6) is 0.712. The Morgan fingerprint density at radius 2 is 1.79 bits per heavy atom. The van der Waals surface area contributed by atoms with Gasteiger partial charge in [0.05, 0.1) is 0 Å². The van der Waals surface area contributed by atoms with Gasteiger partial charge in [-0.2, -0.15) is 0 Å². The first-order chi connectivity index (χ1) is 9.01. The monoisotopic (exact) mass is 257 g/mol. The lowest BCUT2D eigenvalue weighted by Gasteiger charge is -2.43. The average Bonchev–Trinajstić information content (AvgIpc) is 2.67. The van der Waals surface area contributed by atoms with Crippen molar-refractivity contribution in [2.24, 2.45) is 10.8 Å². The molecular weight excluding hydrogens is 230 g/mol. The topological polar surface area (TPSA) is 12.0 Å². The smallest absolute Gasteiger partial charge is 0.00255 e. The first-order valence-electron chi connectivity index (χ1n) is 7.78. The first-order valence-corrected chi connectivity index (χ1v) is 7.78. The van der Waals surface area contributed by atoms with E-state index in [0.29, 0.717) is 16.7 Å². The second kappa shape index (κ2) is 4.63. The van der Waals surface area contributed by atoms with Crippen LogP contribution in [0.4, 0.5) is 0 Å². The minimum Gasteiger partial charge on any atom is -0.316 e. The summed E-state index contributed by atoms with van der Waals surface area (Å²) in [6, 6.07) is 9.27. The predicted molar refractivity (Wildman–Crippen MR) is 81.5 cm³/mol. The van der Waals surface area contributed by atoms with Gasteiger partial charge in [0.1, 0.15) is 0 Å². The number of piperidine rings is 1. The highest BCUT2D eigenvalue weighted by Crippen LogP contribution is 2.58. The lowest BCUT2D eigenvalue weighted by Crippen LogP contribution is -2.42. The van der Waals surface area contributed by atoms with Crippen molar-refractivity contribution < 1.29 is 0 Å². The van der Waals surface area contributed by atoms with Crippen LogP contribution < -0.4 is 5.32 Å². The molecule has 1 spiro atoms. The van der Waals surface area contributed by atoms with Crippen LogP contribution in [0.3, 0.4) is 0 Å². The third-order valence-electron chi connectivity index (χ3n) is 5.50. The van der Waals surface area contributed by atoms with Crippen LogP contribution in [0.5, 0.6) is 0 Å². The number of rotatable bonds is 1. The first kappa shape index (κ1) is 13.2. The Kier molecular flexibility index (Phi) is 3.21. The highest BCUT2D eigenvalue weighted by atomic mass is 14.9. The van der Waals surface area contributed by atoms with Crippen LogP contribution in [-0.2, 0) is 0 Å². The van der Waals surface area contributed by atoms with Crippen LogP contribution in [0.2, 0.25) is 0 Å². The minimum atomic E-state index is 0.542. The van der Waals surface area contributed by atoms with Crippen LogP contribution in [0.25, 0.3) is 0 Å². The standard InChI is InChI=1S/C18H27N/c1-14-4-6-15(7-5-14)16-12-19-11-10-18(16)9-8-17(2,3)13-18/h4-7,16,19H,8-13H2,1-3H3. The molecule has 1 aliphatic heterocycles. The largest absolute Gasteiger partial charge is 0.316 e. The fourth-order valence-corrected chi connectivity index (χ4v) is 4.47. The van der Waals surface area contributed by atoms with Crippen molar-refractivity contribution in [2.45, 2.75) is 52.4 Å². The molecule has 1 saturated heterocycles. The van der Waals surface area contributed by atoms with Crippen molar-refractivity contribution in [3.8, 4) is 0 Å². The Balaban J connectivity index is 1.91. The maximum atomic E-state index is 3.63. The van der Waals surface area contributed by atoms with Crippen molar-refractivity contribution >= 4 is 0 Å². The summed E-state index contributed by atoms with van der Waals surface area (Å²) in [5.41, 5.74) is 4.02. The van der Waals surface area contributed by atoms with Gasteiger partial charge >= 0.3 is 0 Å². The molecule has 1 nitrogen and oxygen atoms in total. The predicted octanol–water partition coefficient (Wildman–Crippen LogP) is 4.27. The molecule has 19 heavy (non-hydrogen) atoms. The van der Waals surface area contributed by atoms with Gasteiger partial charge in [0.2, 0.25) is 0 Å². The minimum absolute atomic E-state index is 0.542. The molecule has 2 unspecified atom stereocenters. The van der Waals surface area contributed by atoms with Crippen LogP contribution in [0.15, 0.2) is 24.3 Å². The molecule has 1 aromatic carbocycles. The van der Waals surface area contributed by atoms with E-state index in [-0.39, 0.29) is 0 Å². The molecule has 1 saturated carbocycles. The van der Waals surface area contributed by atoms with Gasteiger partial charge in [0.15, 0.2) is 0 Å². The molecule has 1 heteroatoms. The molecule has 3 rings (SSSR count). The van der Waals surface area contributed by atoms with E-state index < -0.39 is 0 Å². The van der Waals surface area contributed by atoms with E-state index in [0.717, 1.165) is 0 Å². The van der Waals surface area contributed by atoms with Crippen molar-refractivity contribution in [1.82, 2.24) is 5.32 Å². The third kappa shape index (κ3) is 2.45. The van der Waals surface area contributed by atoms with Crippen LogP contribution in [-0.4, -0.2) is 13.1 Å². The van der Waals surface area contributed by atoms with E-state index in [1.165, 1.54) is 44.3 Å². The number of hydrogen-bond acceptors (Lipinski definition) is 1. The maximum Gasteiger partial charge on any atom is 0.00255 e. The van der Waals surface area contributed by atoms with Gasteiger partial charge < -0.3 is 5.32 Å². The van der Waals surface area contributed by atoms with Gasteiger partial charge in [0, 0.05) is 12.5 Å². The van der Waals surface area contributed by atoms with Gasteiger partial charge in [-0.3, -0.25) is 0 Å². The molecule has 1 aromatic rings. The summed E-state index contributed by atoms with van der Waals surface area (Å²) in [5, 5.41) is 3.63. The van der Waals surface area contributed by atoms with Crippen LogP contribution >= 0.6 is 0 Å². The van der Waals surface area contributed by atoms with E-state index in [1.807, 2.05) is 0 Å². The van der Waals surface area contributed by atoms with Crippen molar-refractivity contribution in [1.29, 1.82) is 0 Å². The summed E-state index contributed by atoms with van der Waals surface area (Å²) in [6.45, 7) is 9.46. The molecule has 0 bridgehead atoms. The van der Waals surface area contributed by atoms with Crippen molar-refractivity contribution in [3.05, 3.63) is 35.4 Å². The molecule has 0 radical (unpaired) electrons. The van der Waals surface area contributed by atoms with Gasteiger partial charge in [-0.1, -0.05) is 43.7 Å². The van der Waals surface area contributed by atoms with E-state index in [9.17, 15) is 0 Å². The molecule has 2 fully saturated rings. The molecule has 0 aromatic heterocycles. The summed E-state index contributed by atoms with van der Waals surface area (Å²) in [6.07, 6.45) is 5.57. The molecule has 0 amide bonds. The maximum absolute atomic E-state index is 3.63. The summed E-state index contributed by atoms with van der Waals surface area (Å²) in [4.78, 5) is 0. The van der Waals surface area contributed by atoms with Crippen LogP contribution in [0, 0.1) is 17.8 Å². The molecular formula is C18H27N. The Labute approximate surface area is 117 Å². The van der Waals surface area contributed by atoms with Gasteiger partial charge in [0.25, 0.3) is 0 Å². The molecule has 2 aliphatic rings. The van der Waals surface area contributed by atoms with E-state index in [2.05, 4.69) is 50.4 Å². The van der Waals surface area contributed by atoms with Crippen molar-refractivity contribution in [3.63, 3.8) is 0 Å². The second-order valence-corrected chi connectivity index (χ2v) is 7.62. The Hall–Kier alpha value is -0.820. The quantitative estimate of drug-likeness (QED) is 0.792. The van der Waals surface area contributed by atoms with Gasteiger partial charge in [-0.15, -0.1) is 0 Å². The molecule has 2 atom stereocenters. The average molecular weight is 257 g/mol. The molecule has 104 valence electrons. The highest BCUT2D eigenvalue weighted by molar-refractivity contribution is 5.28. The van der Waals surface area contributed by atoms with Crippen molar-refractivity contribution in [2.75, 3.05) is 13.1 Å². The number of aryl methyl sites for hydroxylation is 1. The molecule has 1 aliphatic carbocycles. The Bertz CT molecular complexity index is 445. The van der Waals surface area contributed by atoms with Gasteiger partial charge in [-0.25, -0.2) is 0 Å². The SMILES string of the molecule is Cc1ccc(C2CNCCC23CCC(C)(C)C3)cc1. The fourth-order valence-electron chi connectivity index (χ4n) is 4.47. The second-order valence-electron chi connectivity index (χ2n) is 7.62. The molecule has 1 heterocycles. The number of benzene rings is 1. The Morgan fingerprint density at radius 3 is 2.42 bits per heavy atom. The lowest BCUT2D eigenvalue weighted by molar-refractivity contribution is 0.151. The molecule has 1 N–H and O–H groups in total. The zero-order valence-corrected chi connectivity index (χ0v) is 12.6. The normalized spacial score (nSPS) is 33.7. The number of hydrogen-bond donors (Lipinski definition) is 1. The zero-order valence-electron chi connectivity index (χ0n) is 12.6. The van der Waals surface area contributed by atoms with E-state index >= 15 is 0 Å². The fraction of sp³-hybridized carbons (Fsp3) is 0.667. The van der Waals surface area contributed by atoms with Crippen LogP contribution in [0.1, 0.15) is 56.6 Å². The van der Waals surface area contributed by atoms with E-state index in [4.69, 9.17) is 0 Å². The van der Waals surface area contributed by atoms with E-state index in [1.54, 1.807) is 5.56 Å². The lowest BCUT2D eigenvalue weighted by atomic mass is 9.65. The third-order valence-corrected chi connectivity index (χ3v) is 5.50. The summed E-state index contributed by atoms with van der Waals surface area (Å²) in [7, 11) is 0. The number of nitrogens with one attached hydrogen (secondary N) is 1. The van der Waals surface area contributed by atoms with Gasteiger partial charge in [-0.05, 0) is 55.5 Å². The Morgan fingerprint density at radius 1 is 1.05 bits per heavy atom.